The van der Waals surface area contributed by atoms with Gasteiger partial charge in [-0.1, -0.05) is 12.1 Å². The fourth-order valence-corrected chi connectivity index (χ4v) is 4.14. The van der Waals surface area contributed by atoms with Crippen LogP contribution >= 0.6 is 11.3 Å². The number of carbonyl (C=O) groups is 2. The maximum absolute atomic E-state index is 12.7. The molecule has 1 aliphatic rings. The largest absolute Gasteiger partial charge is 0.351 e. The Bertz CT molecular complexity index is 1090. The summed E-state index contributed by atoms with van der Waals surface area (Å²) in [6.45, 7) is 4.00. The van der Waals surface area contributed by atoms with Crippen LogP contribution in [0.15, 0.2) is 52.2 Å². The number of rotatable bonds is 6. The predicted molar refractivity (Wildman–Crippen MR) is 116 cm³/mol. The summed E-state index contributed by atoms with van der Waals surface area (Å²) >= 11 is 1.50. The summed E-state index contributed by atoms with van der Waals surface area (Å²) in [6, 6.07) is 8.93. The van der Waals surface area contributed by atoms with E-state index < -0.39 is 0 Å². The molecule has 1 fully saturated rings. The molecule has 0 saturated carbocycles. The first-order valence-electron chi connectivity index (χ1n) is 9.86. The van der Waals surface area contributed by atoms with Gasteiger partial charge >= 0.3 is 0 Å². The molecule has 3 aromatic rings. The van der Waals surface area contributed by atoms with Gasteiger partial charge in [-0.3, -0.25) is 23.9 Å². The molecule has 1 N–H and O–H groups in total. The third-order valence-corrected chi connectivity index (χ3v) is 5.94. The van der Waals surface area contributed by atoms with Gasteiger partial charge in [0.15, 0.2) is 0 Å². The second-order valence-corrected chi connectivity index (χ2v) is 7.97. The third kappa shape index (κ3) is 4.58. The number of thiophene rings is 1. The van der Waals surface area contributed by atoms with Crippen molar-refractivity contribution in [3.05, 3.63) is 63.3 Å². The summed E-state index contributed by atoms with van der Waals surface area (Å²) in [5.74, 6) is -0.140. The number of para-hydroxylation sites is 1. The van der Waals surface area contributed by atoms with Crippen LogP contribution in [0.1, 0.15) is 10.4 Å². The lowest BCUT2D eigenvalue weighted by Gasteiger charge is -2.34. The van der Waals surface area contributed by atoms with Crippen molar-refractivity contribution < 1.29 is 9.59 Å². The van der Waals surface area contributed by atoms with Crippen molar-refractivity contribution in [2.45, 2.75) is 6.54 Å². The van der Waals surface area contributed by atoms with E-state index in [2.05, 4.69) is 15.2 Å². The highest BCUT2D eigenvalue weighted by Gasteiger charge is 2.21. The molecule has 0 unspecified atom stereocenters. The molecule has 4 rings (SSSR count). The number of piperazine rings is 1. The molecule has 2 aromatic heterocycles. The molecule has 0 radical (unpaired) electrons. The lowest BCUT2D eigenvalue weighted by atomic mass is 10.2. The number of amides is 2. The van der Waals surface area contributed by atoms with E-state index in [-0.39, 0.29) is 23.9 Å². The summed E-state index contributed by atoms with van der Waals surface area (Å²) in [5, 5.41) is 7.15. The Morgan fingerprint density at radius 3 is 2.67 bits per heavy atom. The molecule has 2 amide bonds. The number of aromatic nitrogens is 2. The molecule has 1 aliphatic heterocycles. The molecular formula is C21H23N5O3S. The van der Waals surface area contributed by atoms with Crippen LogP contribution in [-0.4, -0.2) is 70.4 Å². The molecule has 1 saturated heterocycles. The molecule has 0 atom stereocenters. The number of carbonyl (C=O) groups excluding carboxylic acids is 2. The van der Waals surface area contributed by atoms with E-state index in [1.165, 1.54) is 22.2 Å². The molecule has 3 heterocycles. The van der Waals surface area contributed by atoms with Gasteiger partial charge in [0.1, 0.15) is 6.54 Å². The fraction of sp³-hybridized carbons (Fsp3) is 0.333. The Morgan fingerprint density at radius 1 is 1.10 bits per heavy atom. The van der Waals surface area contributed by atoms with E-state index in [1.54, 1.807) is 29.2 Å². The summed E-state index contributed by atoms with van der Waals surface area (Å²) in [4.78, 5) is 45.5. The number of hydrogen-bond donors (Lipinski definition) is 1. The summed E-state index contributed by atoms with van der Waals surface area (Å²) in [7, 11) is 0. The maximum atomic E-state index is 12.7. The average molecular weight is 426 g/mol. The first-order chi connectivity index (χ1) is 14.6. The number of fused-ring (bicyclic) bond motifs is 1. The van der Waals surface area contributed by atoms with E-state index in [1.807, 2.05) is 16.8 Å². The van der Waals surface area contributed by atoms with E-state index in [9.17, 15) is 14.4 Å². The van der Waals surface area contributed by atoms with E-state index in [0.717, 1.165) is 19.6 Å². The molecule has 156 valence electrons. The van der Waals surface area contributed by atoms with Crippen molar-refractivity contribution in [1.82, 2.24) is 24.7 Å². The number of hydrogen-bond acceptors (Lipinski definition) is 6. The van der Waals surface area contributed by atoms with Gasteiger partial charge in [0, 0.05) is 50.2 Å². The highest BCUT2D eigenvalue weighted by molar-refractivity contribution is 7.08. The Hall–Kier alpha value is -3.04. The lowest BCUT2D eigenvalue weighted by Crippen LogP contribution is -2.51. The second kappa shape index (κ2) is 9.19. The van der Waals surface area contributed by atoms with Gasteiger partial charge in [0.05, 0.1) is 17.2 Å². The van der Waals surface area contributed by atoms with Crippen molar-refractivity contribution in [2.75, 3.05) is 39.3 Å². The second-order valence-electron chi connectivity index (χ2n) is 7.19. The Balaban J connectivity index is 1.25. The minimum absolute atomic E-state index is 0.00658. The van der Waals surface area contributed by atoms with Gasteiger partial charge in [-0.25, -0.2) is 4.98 Å². The maximum Gasteiger partial charge on any atom is 0.261 e. The Morgan fingerprint density at radius 2 is 1.90 bits per heavy atom. The molecular weight excluding hydrogens is 402 g/mol. The van der Waals surface area contributed by atoms with Crippen molar-refractivity contribution in [1.29, 1.82) is 0 Å². The molecule has 9 heteroatoms. The number of nitrogens with zero attached hydrogens (tertiary/aromatic N) is 4. The monoisotopic (exact) mass is 425 g/mol. The van der Waals surface area contributed by atoms with Crippen molar-refractivity contribution >= 4 is 34.1 Å². The topological polar surface area (TPSA) is 87.5 Å². The normalized spacial score (nSPS) is 14.7. The quantitative estimate of drug-likeness (QED) is 0.638. The fourth-order valence-electron chi connectivity index (χ4n) is 3.51. The van der Waals surface area contributed by atoms with Gasteiger partial charge in [0.2, 0.25) is 5.91 Å². The highest BCUT2D eigenvalue weighted by atomic mass is 32.1. The molecule has 30 heavy (non-hydrogen) atoms. The van der Waals surface area contributed by atoms with Crippen LogP contribution in [0.2, 0.25) is 0 Å². The molecule has 0 bridgehead atoms. The molecule has 1 aromatic carbocycles. The zero-order valence-electron chi connectivity index (χ0n) is 16.5. The first-order valence-corrected chi connectivity index (χ1v) is 10.8. The SMILES string of the molecule is O=C(NCCN1CCN(C(=O)Cn2cnc3ccccc3c2=O)CC1)c1ccsc1. The van der Waals surface area contributed by atoms with E-state index in [0.29, 0.717) is 36.1 Å². The van der Waals surface area contributed by atoms with Crippen molar-refractivity contribution in [3.63, 3.8) is 0 Å². The van der Waals surface area contributed by atoms with Crippen molar-refractivity contribution in [3.8, 4) is 0 Å². The van der Waals surface area contributed by atoms with E-state index in [4.69, 9.17) is 0 Å². The molecule has 0 aliphatic carbocycles. The predicted octanol–water partition coefficient (Wildman–Crippen LogP) is 1.03. The van der Waals surface area contributed by atoms with Crippen LogP contribution < -0.4 is 10.9 Å². The minimum Gasteiger partial charge on any atom is -0.351 e. The minimum atomic E-state index is -0.200. The van der Waals surface area contributed by atoms with Crippen LogP contribution in [0.3, 0.4) is 0 Å². The average Bonchev–Trinajstić information content (AvgIpc) is 3.31. The number of benzene rings is 1. The van der Waals surface area contributed by atoms with Crippen LogP contribution in [0.25, 0.3) is 10.9 Å². The van der Waals surface area contributed by atoms with Gasteiger partial charge < -0.3 is 10.2 Å². The van der Waals surface area contributed by atoms with Gasteiger partial charge in [-0.15, -0.1) is 0 Å². The van der Waals surface area contributed by atoms with E-state index >= 15 is 0 Å². The first kappa shape index (κ1) is 20.2. The summed E-state index contributed by atoms with van der Waals surface area (Å²) in [5.41, 5.74) is 1.12. The third-order valence-electron chi connectivity index (χ3n) is 5.26. The zero-order chi connectivity index (χ0) is 20.9. The molecule has 0 spiro atoms. The van der Waals surface area contributed by atoms with Crippen LogP contribution in [0.4, 0.5) is 0 Å². The van der Waals surface area contributed by atoms with Gasteiger partial charge in [0.25, 0.3) is 11.5 Å². The highest BCUT2D eigenvalue weighted by Crippen LogP contribution is 2.07. The number of nitrogens with one attached hydrogen (secondary N) is 1. The standard InChI is InChI=1S/C21H23N5O3S/c27-19(13-26-15-23-18-4-2-1-3-17(18)21(26)29)25-10-8-24(9-11-25)7-6-22-20(28)16-5-12-30-14-16/h1-5,12,14-15H,6-11,13H2,(H,22,28). The van der Waals surface area contributed by atoms with Crippen LogP contribution in [-0.2, 0) is 11.3 Å². The van der Waals surface area contributed by atoms with Gasteiger partial charge in [-0.05, 0) is 23.6 Å². The Labute approximate surface area is 177 Å². The van der Waals surface area contributed by atoms with Gasteiger partial charge in [-0.2, -0.15) is 11.3 Å². The molecule has 8 nitrogen and oxygen atoms in total. The zero-order valence-corrected chi connectivity index (χ0v) is 17.3. The summed E-state index contributed by atoms with van der Waals surface area (Å²) in [6.07, 6.45) is 1.44. The van der Waals surface area contributed by atoms with Crippen LogP contribution in [0.5, 0.6) is 0 Å². The smallest absolute Gasteiger partial charge is 0.261 e. The summed E-state index contributed by atoms with van der Waals surface area (Å²) < 4.78 is 1.37. The Kier molecular flexibility index (Phi) is 6.20. The lowest BCUT2D eigenvalue weighted by molar-refractivity contribution is -0.133. The van der Waals surface area contributed by atoms with Crippen molar-refractivity contribution in [2.24, 2.45) is 0 Å². The van der Waals surface area contributed by atoms with Crippen LogP contribution in [0, 0.1) is 0 Å².